The van der Waals surface area contributed by atoms with Gasteiger partial charge in [0.2, 0.25) is 15.9 Å². The maximum atomic E-state index is 12.9. The molecule has 0 spiro atoms. The summed E-state index contributed by atoms with van der Waals surface area (Å²) in [6.07, 6.45) is 0.411. The van der Waals surface area contributed by atoms with Crippen LogP contribution in [0.1, 0.15) is 6.42 Å². The van der Waals surface area contributed by atoms with Crippen LogP contribution < -0.4 is 19.7 Å². The monoisotopic (exact) mass is 435 g/mol. The van der Waals surface area contributed by atoms with E-state index in [2.05, 4.69) is 10.0 Å². The van der Waals surface area contributed by atoms with Crippen molar-refractivity contribution in [2.24, 2.45) is 0 Å². The molecule has 158 valence electrons. The van der Waals surface area contributed by atoms with Gasteiger partial charge >= 0.3 is 0 Å². The normalized spacial score (nSPS) is 20.0. The van der Waals surface area contributed by atoms with Crippen molar-refractivity contribution in [1.29, 1.82) is 0 Å². The summed E-state index contributed by atoms with van der Waals surface area (Å²) in [5, 5.41) is 2.90. The third-order valence-electron chi connectivity index (χ3n) is 5.51. The number of nitrogens with one attached hydrogen (secondary N) is 2. The largest absolute Gasteiger partial charge is 0.457 e. The molecule has 2 unspecified atom stereocenters. The second kappa shape index (κ2) is 7.72. The third kappa shape index (κ3) is 3.87. The molecule has 2 heterocycles. The smallest absolute Gasteiger partial charge is 0.247 e. The lowest BCUT2D eigenvalue weighted by molar-refractivity contribution is -0.117. The first-order valence-corrected chi connectivity index (χ1v) is 11.5. The fourth-order valence-electron chi connectivity index (χ4n) is 4.08. The summed E-state index contributed by atoms with van der Waals surface area (Å²) in [4.78, 5) is 14.6. The van der Waals surface area contributed by atoms with Gasteiger partial charge in [-0.1, -0.05) is 30.3 Å². The fraction of sp³-hybridized carbons (Fsp3) is 0.174. The van der Waals surface area contributed by atoms with Crippen LogP contribution in [0.2, 0.25) is 0 Å². The molecule has 2 aliphatic heterocycles. The quantitative estimate of drug-likeness (QED) is 0.642. The molecular weight excluding hydrogens is 414 g/mol. The summed E-state index contributed by atoms with van der Waals surface area (Å²) in [6, 6.07) is 22.4. The van der Waals surface area contributed by atoms with Gasteiger partial charge in [-0.15, -0.1) is 0 Å². The van der Waals surface area contributed by atoms with Crippen LogP contribution >= 0.6 is 0 Å². The molecule has 1 amide bonds. The molecule has 1 fully saturated rings. The predicted molar refractivity (Wildman–Crippen MR) is 118 cm³/mol. The van der Waals surface area contributed by atoms with Gasteiger partial charge in [-0.3, -0.25) is 4.79 Å². The van der Waals surface area contributed by atoms with Crippen molar-refractivity contribution in [2.45, 2.75) is 23.4 Å². The summed E-state index contributed by atoms with van der Waals surface area (Å²) in [6.45, 7) is 0.434. The van der Waals surface area contributed by atoms with Crippen molar-refractivity contribution in [2.75, 3.05) is 16.8 Å². The van der Waals surface area contributed by atoms with Gasteiger partial charge in [-0.05, 0) is 55.0 Å². The van der Waals surface area contributed by atoms with E-state index in [0.717, 1.165) is 11.4 Å². The molecule has 7 nitrogen and oxygen atoms in total. The van der Waals surface area contributed by atoms with E-state index in [9.17, 15) is 13.2 Å². The predicted octanol–water partition coefficient (Wildman–Crippen LogP) is 3.36. The molecule has 0 radical (unpaired) electrons. The number of benzene rings is 3. The van der Waals surface area contributed by atoms with Gasteiger partial charge in [-0.25, -0.2) is 13.1 Å². The molecule has 1 saturated heterocycles. The van der Waals surface area contributed by atoms with Crippen LogP contribution in [0.15, 0.2) is 83.8 Å². The number of fused-ring (bicyclic) bond motifs is 3. The van der Waals surface area contributed by atoms with Gasteiger partial charge in [-0.2, -0.15) is 0 Å². The molecule has 2 N–H and O–H groups in total. The molecule has 0 bridgehead atoms. The Morgan fingerprint density at radius 3 is 2.35 bits per heavy atom. The molecule has 5 rings (SSSR count). The molecule has 0 saturated carbocycles. The lowest BCUT2D eigenvalue weighted by Gasteiger charge is -2.32. The number of hydrogen-bond donors (Lipinski definition) is 2. The van der Waals surface area contributed by atoms with E-state index in [1.54, 1.807) is 12.1 Å². The van der Waals surface area contributed by atoms with E-state index in [-0.39, 0.29) is 22.9 Å². The summed E-state index contributed by atoms with van der Waals surface area (Å²) in [5.41, 5.74) is 1.66. The number of carbonyl (C=O) groups is 1. The number of hydrogen-bond acceptors (Lipinski definition) is 5. The van der Waals surface area contributed by atoms with E-state index < -0.39 is 10.0 Å². The Morgan fingerprint density at radius 1 is 0.903 bits per heavy atom. The Bertz CT molecular complexity index is 1210. The lowest BCUT2D eigenvalue weighted by atomic mass is 10.1. The van der Waals surface area contributed by atoms with Crippen molar-refractivity contribution < 1.29 is 17.9 Å². The highest BCUT2D eigenvalue weighted by Gasteiger charge is 2.42. The highest BCUT2D eigenvalue weighted by atomic mass is 32.2. The van der Waals surface area contributed by atoms with Gasteiger partial charge in [0.05, 0.1) is 16.3 Å². The molecule has 0 aromatic heterocycles. The molecule has 2 aliphatic rings. The van der Waals surface area contributed by atoms with Crippen LogP contribution in [-0.4, -0.2) is 33.0 Å². The Labute approximate surface area is 180 Å². The van der Waals surface area contributed by atoms with Crippen molar-refractivity contribution in [3.63, 3.8) is 0 Å². The second-order valence-corrected chi connectivity index (χ2v) is 9.33. The minimum atomic E-state index is -3.73. The molecule has 2 atom stereocenters. The van der Waals surface area contributed by atoms with E-state index in [1.807, 2.05) is 59.5 Å². The Balaban J connectivity index is 1.30. The number of carbonyl (C=O) groups excluding carboxylic acids is 1. The van der Waals surface area contributed by atoms with Gasteiger partial charge in [0.1, 0.15) is 17.5 Å². The summed E-state index contributed by atoms with van der Waals surface area (Å²) >= 11 is 0. The summed E-state index contributed by atoms with van der Waals surface area (Å²) in [7, 11) is -3.73. The number of amides is 1. The first-order valence-electron chi connectivity index (χ1n) is 10.0. The van der Waals surface area contributed by atoms with Crippen LogP contribution in [0.4, 0.5) is 11.4 Å². The molecule has 3 aromatic rings. The lowest BCUT2D eigenvalue weighted by Crippen LogP contribution is -2.44. The molecule has 3 aromatic carbocycles. The van der Waals surface area contributed by atoms with Crippen LogP contribution in [0.25, 0.3) is 0 Å². The average Bonchev–Trinajstić information content (AvgIpc) is 3.19. The number of ether oxygens (including phenoxy) is 1. The van der Waals surface area contributed by atoms with Gasteiger partial charge in [0, 0.05) is 12.6 Å². The minimum absolute atomic E-state index is 0.109. The van der Waals surface area contributed by atoms with Crippen LogP contribution in [0.3, 0.4) is 0 Å². The van der Waals surface area contributed by atoms with E-state index in [0.29, 0.717) is 24.5 Å². The minimum Gasteiger partial charge on any atom is -0.457 e. The van der Waals surface area contributed by atoms with E-state index in [1.165, 1.54) is 12.1 Å². The molecule has 8 heteroatoms. The standard InChI is InChI=1S/C23H21N3O4S/c27-23-22-14-16(15-26(22)21-9-5-4-8-20(21)24-23)25-31(28,29)19-12-10-18(11-13-19)30-17-6-2-1-3-7-17/h1-13,16,22,25H,14-15H2,(H,24,27). The molecular formula is C23H21N3O4S. The highest BCUT2D eigenvalue weighted by molar-refractivity contribution is 7.89. The average molecular weight is 436 g/mol. The number of sulfonamides is 1. The van der Waals surface area contributed by atoms with Gasteiger partial charge in [0.25, 0.3) is 0 Å². The zero-order valence-corrected chi connectivity index (χ0v) is 17.4. The van der Waals surface area contributed by atoms with E-state index >= 15 is 0 Å². The number of anilines is 2. The number of rotatable bonds is 5. The van der Waals surface area contributed by atoms with Crippen molar-refractivity contribution >= 4 is 27.3 Å². The second-order valence-electron chi connectivity index (χ2n) is 7.61. The van der Waals surface area contributed by atoms with Crippen molar-refractivity contribution in [3.8, 4) is 11.5 Å². The zero-order chi connectivity index (χ0) is 21.4. The molecule has 31 heavy (non-hydrogen) atoms. The van der Waals surface area contributed by atoms with Crippen LogP contribution in [0, 0.1) is 0 Å². The van der Waals surface area contributed by atoms with E-state index in [4.69, 9.17) is 4.74 Å². The SMILES string of the molecule is O=C1Nc2ccccc2N2CC(NS(=O)(=O)c3ccc(Oc4ccccc4)cc3)CC12. The highest BCUT2D eigenvalue weighted by Crippen LogP contribution is 2.36. The van der Waals surface area contributed by atoms with Crippen LogP contribution in [-0.2, 0) is 14.8 Å². The number of para-hydroxylation sites is 3. The molecule has 0 aliphatic carbocycles. The zero-order valence-electron chi connectivity index (χ0n) is 16.6. The van der Waals surface area contributed by atoms with Gasteiger partial charge in [0.15, 0.2) is 0 Å². The Morgan fingerprint density at radius 2 is 1.58 bits per heavy atom. The van der Waals surface area contributed by atoms with Crippen LogP contribution in [0.5, 0.6) is 11.5 Å². The summed E-state index contributed by atoms with van der Waals surface area (Å²) in [5.74, 6) is 1.12. The summed E-state index contributed by atoms with van der Waals surface area (Å²) < 4.78 is 34.3. The van der Waals surface area contributed by atoms with Crippen molar-refractivity contribution in [1.82, 2.24) is 4.72 Å². The Hall–Kier alpha value is -3.36. The first-order chi connectivity index (χ1) is 15.0. The topological polar surface area (TPSA) is 87.7 Å². The Kier molecular flexibility index (Phi) is 4.88. The van der Waals surface area contributed by atoms with Gasteiger partial charge < -0.3 is 15.0 Å². The third-order valence-corrected chi connectivity index (χ3v) is 7.05. The first kappa shape index (κ1) is 19.6. The number of nitrogens with zero attached hydrogens (tertiary/aromatic N) is 1. The maximum absolute atomic E-state index is 12.9. The van der Waals surface area contributed by atoms with Crippen molar-refractivity contribution in [3.05, 3.63) is 78.9 Å². The maximum Gasteiger partial charge on any atom is 0.247 e. The fourth-order valence-corrected chi connectivity index (χ4v) is 5.32.